The molecule has 1 aliphatic heterocycles. The predicted molar refractivity (Wildman–Crippen MR) is 146 cm³/mol. The molecule has 5 rings (SSSR count). The van der Waals surface area contributed by atoms with Gasteiger partial charge in [0.15, 0.2) is 5.82 Å². The number of hydrogen-bond acceptors (Lipinski definition) is 7. The summed E-state index contributed by atoms with van der Waals surface area (Å²) in [6, 6.07) is 7.37. The van der Waals surface area contributed by atoms with E-state index in [1.165, 1.54) is 6.33 Å². The molecule has 0 spiro atoms. The molecule has 0 saturated carbocycles. The third-order valence-electron chi connectivity index (χ3n) is 7.06. The van der Waals surface area contributed by atoms with Gasteiger partial charge in [0.05, 0.1) is 23.6 Å². The summed E-state index contributed by atoms with van der Waals surface area (Å²) in [5, 5.41) is 19.4. The molecule has 3 heterocycles. The lowest BCUT2D eigenvalue weighted by Gasteiger charge is -2.32. The Kier molecular flexibility index (Phi) is 7.80. The van der Waals surface area contributed by atoms with Gasteiger partial charge in [0, 0.05) is 49.5 Å². The van der Waals surface area contributed by atoms with Crippen molar-refractivity contribution in [3.8, 4) is 11.1 Å². The summed E-state index contributed by atoms with van der Waals surface area (Å²) in [7, 11) is 2.07. The van der Waals surface area contributed by atoms with Crippen LogP contribution in [0.4, 0.5) is 39.5 Å². The number of halogens is 4. The molecule has 1 aliphatic rings. The quantitative estimate of drug-likeness (QED) is 0.257. The number of nitrogens with zero attached hydrogens (tertiary/aromatic N) is 5. The number of carbonyl (C=O) groups excluding carboxylic acids is 1. The number of hydrogen-bond donors (Lipinski definition) is 4. The maximum Gasteiger partial charge on any atom is 0.416 e. The van der Waals surface area contributed by atoms with E-state index in [9.17, 15) is 27.5 Å². The number of aliphatic hydroxyl groups is 1. The molecule has 0 atom stereocenters. The summed E-state index contributed by atoms with van der Waals surface area (Å²) in [4.78, 5) is 21.1. The first-order valence-electron chi connectivity index (χ1n) is 12.7. The topological polar surface area (TPSA) is 124 Å². The lowest BCUT2D eigenvalue weighted by Crippen LogP contribution is -2.44. The highest BCUT2D eigenvalue weighted by atomic mass is 19.4. The van der Waals surface area contributed by atoms with Gasteiger partial charge in [-0.2, -0.15) is 18.3 Å². The molecule has 2 amide bonds. The van der Waals surface area contributed by atoms with Crippen molar-refractivity contribution in [3.05, 3.63) is 71.4 Å². The van der Waals surface area contributed by atoms with Crippen molar-refractivity contribution in [1.82, 2.24) is 24.4 Å². The van der Waals surface area contributed by atoms with E-state index in [1.807, 2.05) is 0 Å². The van der Waals surface area contributed by atoms with Gasteiger partial charge in [-0.25, -0.2) is 18.7 Å². The normalized spacial score (nSPS) is 14.9. The fourth-order valence-electron chi connectivity index (χ4n) is 4.88. The van der Waals surface area contributed by atoms with Crippen molar-refractivity contribution in [2.45, 2.75) is 19.3 Å². The Bertz CT molecular complexity index is 1560. The Morgan fingerprint density at radius 3 is 2.44 bits per heavy atom. The number of fused-ring (bicyclic) bond motifs is 1. The number of aromatic nitrogens is 3. The largest absolute Gasteiger partial charge is 0.416 e. The number of rotatable bonds is 6. The van der Waals surface area contributed by atoms with Crippen LogP contribution >= 0.6 is 0 Å². The van der Waals surface area contributed by atoms with E-state index in [0.29, 0.717) is 52.6 Å². The van der Waals surface area contributed by atoms with Gasteiger partial charge in [0.1, 0.15) is 17.7 Å². The third kappa shape index (κ3) is 5.94. The van der Waals surface area contributed by atoms with Crippen LogP contribution in [0.15, 0.2) is 48.8 Å². The highest BCUT2D eigenvalue weighted by Crippen LogP contribution is 2.37. The first-order valence-corrected chi connectivity index (χ1v) is 12.7. The van der Waals surface area contributed by atoms with E-state index in [1.54, 1.807) is 28.8 Å². The number of carbonyl (C=O) groups is 1. The van der Waals surface area contributed by atoms with E-state index >= 15 is 0 Å². The summed E-state index contributed by atoms with van der Waals surface area (Å²) < 4.78 is 54.7. The standard InChI is InChI=1S/C27H28F4N8O2/c1-37-8-10-38(11-9-37)13-22-19(14-40)23(24-25(32)33-15-34-39(22)24)16-2-5-18(6-3-16)35-26(41)36-21-12-17(27(29,30)31)4-7-20(21)28/h2-7,12,15,40H,8-11,13-14H2,1H3,(H2,32,33,34)(H2,35,36,41). The number of amides is 2. The van der Waals surface area contributed by atoms with E-state index in [-0.39, 0.29) is 12.4 Å². The maximum atomic E-state index is 14.0. The van der Waals surface area contributed by atoms with Gasteiger partial charge in [-0.05, 0) is 42.9 Å². The molecule has 2 aromatic carbocycles. The van der Waals surface area contributed by atoms with E-state index in [2.05, 4.69) is 37.6 Å². The molecule has 2 aromatic heterocycles. The Labute approximate surface area is 232 Å². The molecule has 5 N–H and O–H groups in total. The molecule has 41 heavy (non-hydrogen) atoms. The van der Waals surface area contributed by atoms with Gasteiger partial charge in [-0.1, -0.05) is 12.1 Å². The molecule has 0 aliphatic carbocycles. The number of nitrogens with two attached hydrogens (primary N) is 1. The molecular weight excluding hydrogens is 544 g/mol. The SMILES string of the molecule is CN1CCN(Cc2c(CO)c(-c3ccc(NC(=O)Nc4cc(C(F)(F)F)ccc4F)cc3)c3c(N)ncnn23)CC1. The summed E-state index contributed by atoms with van der Waals surface area (Å²) in [6.45, 7) is 3.84. The second kappa shape index (κ2) is 11.3. The number of urea groups is 1. The van der Waals surface area contributed by atoms with Crippen molar-refractivity contribution < 1.29 is 27.5 Å². The Morgan fingerprint density at radius 1 is 1.07 bits per heavy atom. The number of benzene rings is 2. The lowest BCUT2D eigenvalue weighted by atomic mass is 10.0. The van der Waals surface area contributed by atoms with Gasteiger partial charge in [-0.15, -0.1) is 0 Å². The summed E-state index contributed by atoms with van der Waals surface area (Å²) in [5.41, 5.74) is 8.17. The number of alkyl halides is 3. The highest BCUT2D eigenvalue weighted by Gasteiger charge is 2.31. The number of nitrogens with one attached hydrogen (secondary N) is 2. The van der Waals surface area contributed by atoms with Crippen molar-refractivity contribution in [3.63, 3.8) is 0 Å². The van der Waals surface area contributed by atoms with E-state index < -0.39 is 29.3 Å². The van der Waals surface area contributed by atoms with Crippen LogP contribution in [0.25, 0.3) is 16.6 Å². The number of piperazine rings is 1. The fourth-order valence-corrected chi connectivity index (χ4v) is 4.88. The minimum Gasteiger partial charge on any atom is -0.392 e. The summed E-state index contributed by atoms with van der Waals surface area (Å²) >= 11 is 0. The second-order valence-corrected chi connectivity index (χ2v) is 9.79. The first kappa shape index (κ1) is 28.3. The zero-order chi connectivity index (χ0) is 29.3. The van der Waals surface area contributed by atoms with Crippen LogP contribution in [0.3, 0.4) is 0 Å². The van der Waals surface area contributed by atoms with Crippen LogP contribution in [-0.4, -0.2) is 68.8 Å². The average molecular weight is 573 g/mol. The zero-order valence-corrected chi connectivity index (χ0v) is 22.0. The maximum absolute atomic E-state index is 14.0. The van der Waals surface area contributed by atoms with Crippen molar-refractivity contribution >= 4 is 28.7 Å². The van der Waals surface area contributed by atoms with Gasteiger partial charge in [-0.3, -0.25) is 4.90 Å². The molecule has 0 unspecified atom stereocenters. The molecule has 14 heteroatoms. The van der Waals surface area contributed by atoms with Crippen LogP contribution in [0.5, 0.6) is 0 Å². The third-order valence-corrected chi connectivity index (χ3v) is 7.06. The van der Waals surface area contributed by atoms with Gasteiger partial charge in [0.25, 0.3) is 0 Å². The first-order chi connectivity index (χ1) is 19.5. The number of aliphatic hydroxyl groups excluding tert-OH is 1. The summed E-state index contributed by atoms with van der Waals surface area (Å²) in [6.07, 6.45) is -3.33. The van der Waals surface area contributed by atoms with Gasteiger partial charge >= 0.3 is 12.2 Å². The summed E-state index contributed by atoms with van der Waals surface area (Å²) in [5.74, 6) is -0.771. The van der Waals surface area contributed by atoms with E-state index in [4.69, 9.17) is 5.73 Å². The molecule has 4 aromatic rings. The fraction of sp³-hybridized carbons (Fsp3) is 0.296. The lowest BCUT2D eigenvalue weighted by molar-refractivity contribution is -0.137. The average Bonchev–Trinajstić information content (AvgIpc) is 3.25. The van der Waals surface area contributed by atoms with Crippen LogP contribution in [0, 0.1) is 5.82 Å². The molecule has 0 radical (unpaired) electrons. The minimum absolute atomic E-state index is 0.235. The van der Waals surface area contributed by atoms with Crippen molar-refractivity contribution in [2.24, 2.45) is 0 Å². The van der Waals surface area contributed by atoms with Crippen molar-refractivity contribution in [2.75, 3.05) is 49.6 Å². The monoisotopic (exact) mass is 572 g/mol. The molecule has 1 fully saturated rings. The van der Waals surface area contributed by atoms with Gasteiger partial charge in [0.2, 0.25) is 0 Å². The van der Waals surface area contributed by atoms with Crippen LogP contribution in [0.2, 0.25) is 0 Å². The Hall–Kier alpha value is -4.27. The number of likely N-dealkylation sites (N-methyl/N-ethyl adjacent to an activating group) is 1. The minimum atomic E-state index is -4.69. The van der Waals surface area contributed by atoms with Crippen LogP contribution in [0.1, 0.15) is 16.8 Å². The zero-order valence-electron chi connectivity index (χ0n) is 22.0. The van der Waals surface area contributed by atoms with Crippen molar-refractivity contribution in [1.29, 1.82) is 0 Å². The number of nitrogen functional groups attached to an aromatic ring is 1. The van der Waals surface area contributed by atoms with Gasteiger partial charge < -0.3 is 26.4 Å². The molecule has 216 valence electrons. The van der Waals surface area contributed by atoms with Crippen LogP contribution in [-0.2, 0) is 19.3 Å². The smallest absolute Gasteiger partial charge is 0.392 e. The van der Waals surface area contributed by atoms with Crippen LogP contribution < -0.4 is 16.4 Å². The molecular formula is C27H28F4N8O2. The Balaban J connectivity index is 1.40. The number of anilines is 3. The molecule has 1 saturated heterocycles. The predicted octanol–water partition coefficient (Wildman–Crippen LogP) is 4.02. The van der Waals surface area contributed by atoms with E-state index in [0.717, 1.165) is 31.9 Å². The second-order valence-electron chi connectivity index (χ2n) is 9.79. The Morgan fingerprint density at radius 2 is 1.78 bits per heavy atom. The molecule has 10 nitrogen and oxygen atoms in total. The highest BCUT2D eigenvalue weighted by molar-refractivity contribution is 6.00. The molecule has 0 bridgehead atoms.